The molecule has 6 nitrogen and oxygen atoms in total. The summed E-state index contributed by atoms with van der Waals surface area (Å²) in [5.74, 6) is 1.94. The zero-order valence-corrected chi connectivity index (χ0v) is 12.4. The first kappa shape index (κ1) is 13.9. The van der Waals surface area contributed by atoms with Crippen LogP contribution in [0.5, 0.6) is 17.2 Å². The first-order chi connectivity index (χ1) is 11.3. The summed E-state index contributed by atoms with van der Waals surface area (Å²) >= 11 is 0. The van der Waals surface area contributed by atoms with Gasteiger partial charge in [-0.05, 0) is 24.3 Å². The smallest absolute Gasteiger partial charge is 0.267 e. The van der Waals surface area contributed by atoms with E-state index in [1.165, 1.54) is 0 Å². The Kier molecular flexibility index (Phi) is 3.49. The maximum Gasteiger partial charge on any atom is 0.267 e. The lowest BCUT2D eigenvalue weighted by atomic mass is 10.1. The minimum Gasteiger partial charge on any atom is -0.485 e. The number of fused-ring (bicyclic) bond motifs is 1. The van der Waals surface area contributed by atoms with Crippen LogP contribution >= 0.6 is 0 Å². The molecule has 1 aromatic carbocycles. The molecule has 6 heteroatoms. The molecule has 1 amide bonds. The van der Waals surface area contributed by atoms with E-state index in [0.717, 1.165) is 5.75 Å². The molecule has 0 radical (unpaired) electrons. The van der Waals surface area contributed by atoms with Crippen molar-refractivity contribution in [2.75, 3.05) is 19.7 Å². The van der Waals surface area contributed by atoms with Crippen molar-refractivity contribution in [3.63, 3.8) is 0 Å². The molecule has 2 aromatic rings. The number of nitrogens with zero attached hydrogens (tertiary/aromatic N) is 2. The SMILES string of the molecule is O=C(C1COc2ccccc2O1)N1CC(Oc2cccnc2)C1. The summed E-state index contributed by atoms with van der Waals surface area (Å²) < 4.78 is 17.1. The van der Waals surface area contributed by atoms with Gasteiger partial charge < -0.3 is 19.1 Å². The molecular weight excluding hydrogens is 296 g/mol. The van der Waals surface area contributed by atoms with Crippen molar-refractivity contribution < 1.29 is 19.0 Å². The van der Waals surface area contributed by atoms with Crippen molar-refractivity contribution >= 4 is 5.91 Å². The Bertz CT molecular complexity index is 701. The van der Waals surface area contributed by atoms with E-state index in [-0.39, 0.29) is 18.6 Å². The van der Waals surface area contributed by atoms with Crippen molar-refractivity contribution in [1.82, 2.24) is 9.88 Å². The van der Waals surface area contributed by atoms with Crippen LogP contribution in [0.1, 0.15) is 0 Å². The number of rotatable bonds is 3. The number of pyridine rings is 1. The Morgan fingerprint density at radius 2 is 2.00 bits per heavy atom. The molecule has 3 heterocycles. The van der Waals surface area contributed by atoms with Crippen LogP contribution in [0.3, 0.4) is 0 Å². The van der Waals surface area contributed by atoms with Gasteiger partial charge in [0.25, 0.3) is 5.91 Å². The zero-order valence-electron chi connectivity index (χ0n) is 12.4. The number of benzene rings is 1. The predicted molar refractivity (Wildman–Crippen MR) is 81.6 cm³/mol. The summed E-state index contributed by atoms with van der Waals surface area (Å²) in [6.07, 6.45) is 2.77. The van der Waals surface area contributed by atoms with Crippen LogP contribution < -0.4 is 14.2 Å². The largest absolute Gasteiger partial charge is 0.485 e. The van der Waals surface area contributed by atoms with Gasteiger partial charge in [-0.2, -0.15) is 0 Å². The van der Waals surface area contributed by atoms with Crippen LogP contribution in [-0.4, -0.2) is 47.7 Å². The van der Waals surface area contributed by atoms with Gasteiger partial charge in [-0.25, -0.2) is 0 Å². The highest BCUT2D eigenvalue weighted by Crippen LogP contribution is 2.31. The number of amides is 1. The van der Waals surface area contributed by atoms with Gasteiger partial charge in [0.2, 0.25) is 6.10 Å². The highest BCUT2D eigenvalue weighted by Gasteiger charge is 2.38. The summed E-state index contributed by atoms with van der Waals surface area (Å²) in [4.78, 5) is 18.2. The minimum atomic E-state index is -0.593. The second-order valence-corrected chi connectivity index (χ2v) is 5.54. The van der Waals surface area contributed by atoms with Crippen LogP contribution in [0.15, 0.2) is 48.8 Å². The highest BCUT2D eigenvalue weighted by molar-refractivity contribution is 5.82. The van der Waals surface area contributed by atoms with E-state index in [1.54, 1.807) is 23.4 Å². The van der Waals surface area contributed by atoms with Gasteiger partial charge in [0.05, 0.1) is 19.3 Å². The number of hydrogen-bond acceptors (Lipinski definition) is 5. The maximum absolute atomic E-state index is 12.4. The average molecular weight is 312 g/mol. The highest BCUT2D eigenvalue weighted by atomic mass is 16.6. The molecule has 23 heavy (non-hydrogen) atoms. The molecule has 2 aliphatic rings. The monoisotopic (exact) mass is 312 g/mol. The third kappa shape index (κ3) is 2.79. The zero-order chi connectivity index (χ0) is 15.6. The average Bonchev–Trinajstić information content (AvgIpc) is 2.57. The predicted octanol–water partition coefficient (Wildman–Crippen LogP) is 1.51. The summed E-state index contributed by atoms with van der Waals surface area (Å²) in [6.45, 7) is 1.34. The first-order valence-electron chi connectivity index (χ1n) is 7.53. The molecule has 1 atom stereocenters. The molecule has 2 aliphatic heterocycles. The number of likely N-dealkylation sites (tertiary alicyclic amines) is 1. The van der Waals surface area contributed by atoms with Crippen LogP contribution in [0.25, 0.3) is 0 Å². The molecule has 0 saturated carbocycles. The maximum atomic E-state index is 12.4. The van der Waals surface area contributed by atoms with Gasteiger partial charge in [0, 0.05) is 6.20 Å². The number of para-hydroxylation sites is 2. The summed E-state index contributed by atoms with van der Waals surface area (Å²) in [7, 11) is 0. The molecule has 0 N–H and O–H groups in total. The topological polar surface area (TPSA) is 60.9 Å². The van der Waals surface area contributed by atoms with Crippen molar-refractivity contribution in [3.8, 4) is 17.2 Å². The van der Waals surface area contributed by atoms with Crippen LogP contribution in [-0.2, 0) is 4.79 Å². The second-order valence-electron chi connectivity index (χ2n) is 5.54. The first-order valence-corrected chi connectivity index (χ1v) is 7.53. The fourth-order valence-electron chi connectivity index (χ4n) is 2.65. The van der Waals surface area contributed by atoms with Crippen molar-refractivity contribution in [3.05, 3.63) is 48.8 Å². The minimum absolute atomic E-state index is 0.0000508. The lowest BCUT2D eigenvalue weighted by Gasteiger charge is -2.41. The molecule has 1 aromatic heterocycles. The lowest BCUT2D eigenvalue weighted by molar-refractivity contribution is -0.150. The third-order valence-corrected chi connectivity index (χ3v) is 3.88. The standard InChI is InChI=1S/C17H16N2O4/c20-17(16-11-21-14-5-1-2-6-15(14)23-16)19-9-13(10-19)22-12-4-3-7-18-8-12/h1-8,13,16H,9-11H2. The number of carbonyl (C=O) groups is 1. The summed E-state index contributed by atoms with van der Waals surface area (Å²) in [5, 5.41) is 0. The Morgan fingerprint density at radius 1 is 1.17 bits per heavy atom. The number of hydrogen-bond donors (Lipinski definition) is 0. The molecule has 1 unspecified atom stereocenters. The number of carbonyl (C=O) groups excluding carboxylic acids is 1. The Balaban J connectivity index is 1.32. The Morgan fingerprint density at radius 3 is 2.78 bits per heavy atom. The molecule has 118 valence electrons. The van der Waals surface area contributed by atoms with E-state index in [9.17, 15) is 4.79 Å². The molecule has 0 spiro atoms. The molecule has 1 saturated heterocycles. The molecule has 0 aliphatic carbocycles. The third-order valence-electron chi connectivity index (χ3n) is 3.88. The molecule has 0 bridgehead atoms. The lowest BCUT2D eigenvalue weighted by Crippen LogP contribution is -2.60. The molecular formula is C17H16N2O4. The van der Waals surface area contributed by atoms with E-state index >= 15 is 0 Å². The quantitative estimate of drug-likeness (QED) is 0.860. The van der Waals surface area contributed by atoms with Gasteiger partial charge >= 0.3 is 0 Å². The number of aromatic nitrogens is 1. The van der Waals surface area contributed by atoms with E-state index < -0.39 is 6.10 Å². The van der Waals surface area contributed by atoms with Crippen molar-refractivity contribution in [1.29, 1.82) is 0 Å². The summed E-state index contributed by atoms with van der Waals surface area (Å²) in [6, 6.07) is 11.0. The van der Waals surface area contributed by atoms with Gasteiger partial charge in [0.1, 0.15) is 18.5 Å². The van der Waals surface area contributed by atoms with Crippen molar-refractivity contribution in [2.24, 2.45) is 0 Å². The van der Waals surface area contributed by atoms with Gasteiger partial charge in [-0.1, -0.05) is 12.1 Å². The van der Waals surface area contributed by atoms with Gasteiger partial charge in [0.15, 0.2) is 11.5 Å². The van der Waals surface area contributed by atoms with Crippen LogP contribution in [0.4, 0.5) is 0 Å². The Labute approximate surface area is 133 Å². The normalized spacial score (nSPS) is 19.8. The van der Waals surface area contributed by atoms with E-state index in [1.807, 2.05) is 30.3 Å². The van der Waals surface area contributed by atoms with E-state index in [0.29, 0.717) is 24.6 Å². The molecule has 4 rings (SSSR count). The fourth-order valence-corrected chi connectivity index (χ4v) is 2.65. The second kappa shape index (κ2) is 5.79. The van der Waals surface area contributed by atoms with Crippen LogP contribution in [0.2, 0.25) is 0 Å². The summed E-state index contributed by atoms with van der Waals surface area (Å²) in [5.41, 5.74) is 0. The van der Waals surface area contributed by atoms with E-state index in [2.05, 4.69) is 4.98 Å². The fraction of sp³-hybridized carbons (Fsp3) is 0.294. The van der Waals surface area contributed by atoms with Crippen LogP contribution in [0, 0.1) is 0 Å². The molecule has 1 fully saturated rings. The number of ether oxygens (including phenoxy) is 3. The van der Waals surface area contributed by atoms with E-state index in [4.69, 9.17) is 14.2 Å². The Hall–Kier alpha value is -2.76. The van der Waals surface area contributed by atoms with Gasteiger partial charge in [-0.15, -0.1) is 0 Å². The van der Waals surface area contributed by atoms with Crippen molar-refractivity contribution in [2.45, 2.75) is 12.2 Å². The van der Waals surface area contributed by atoms with Gasteiger partial charge in [-0.3, -0.25) is 9.78 Å².